The van der Waals surface area contributed by atoms with Gasteiger partial charge in [-0.2, -0.15) is 0 Å². The van der Waals surface area contributed by atoms with E-state index in [1.165, 1.54) is 13.2 Å². The smallest absolute Gasteiger partial charge is 0.342 e. The van der Waals surface area contributed by atoms with Gasteiger partial charge in [0.15, 0.2) is 11.5 Å². The molecule has 0 aliphatic carbocycles. The van der Waals surface area contributed by atoms with Crippen LogP contribution in [0.3, 0.4) is 0 Å². The van der Waals surface area contributed by atoms with Crippen molar-refractivity contribution in [1.82, 2.24) is 0 Å². The van der Waals surface area contributed by atoms with Crippen LogP contribution in [0.4, 0.5) is 0 Å². The third-order valence-corrected chi connectivity index (χ3v) is 3.67. The summed E-state index contributed by atoms with van der Waals surface area (Å²) in [6.45, 7) is 0.147. The maximum atomic E-state index is 12.3. The van der Waals surface area contributed by atoms with E-state index in [1.807, 2.05) is 30.3 Å². The van der Waals surface area contributed by atoms with Crippen LogP contribution in [0.2, 0.25) is 0 Å². The van der Waals surface area contributed by atoms with Crippen LogP contribution in [0.25, 0.3) is 6.08 Å². The second-order valence-electron chi connectivity index (χ2n) is 5.25. The molecule has 0 spiro atoms. The summed E-state index contributed by atoms with van der Waals surface area (Å²) in [7, 11) is 1.30. The van der Waals surface area contributed by atoms with Gasteiger partial charge in [-0.1, -0.05) is 42.5 Å². The van der Waals surface area contributed by atoms with Crippen molar-refractivity contribution in [1.29, 1.82) is 0 Å². The van der Waals surface area contributed by atoms with Crippen LogP contribution in [-0.4, -0.2) is 31.6 Å². The van der Waals surface area contributed by atoms with Gasteiger partial charge in [0.1, 0.15) is 12.2 Å². The Morgan fingerprint density at radius 1 is 1.28 bits per heavy atom. The monoisotopic (exact) mass is 342 g/mol. The number of methoxy groups -OCH3 is 1. The quantitative estimate of drug-likeness (QED) is 0.814. The molecule has 6 heteroatoms. The molecule has 1 N–H and O–H groups in total. The van der Waals surface area contributed by atoms with Crippen molar-refractivity contribution >= 4 is 12.0 Å². The first-order valence-corrected chi connectivity index (χ1v) is 7.73. The summed E-state index contributed by atoms with van der Waals surface area (Å²) in [5.41, 5.74) is 1.70. The average molecular weight is 342 g/mol. The molecule has 3 rings (SSSR count). The van der Waals surface area contributed by atoms with Gasteiger partial charge in [-0.3, -0.25) is 0 Å². The lowest BCUT2D eigenvalue weighted by Gasteiger charge is -2.15. The van der Waals surface area contributed by atoms with Gasteiger partial charge in [-0.15, -0.1) is 0 Å². The number of benzene rings is 2. The van der Waals surface area contributed by atoms with Crippen molar-refractivity contribution < 1.29 is 28.8 Å². The van der Waals surface area contributed by atoms with Crippen molar-refractivity contribution in [3.05, 3.63) is 59.2 Å². The fourth-order valence-corrected chi connectivity index (χ4v) is 2.52. The number of aliphatic hydroxyl groups is 1. The van der Waals surface area contributed by atoms with Crippen LogP contribution in [0.15, 0.2) is 42.5 Å². The Balaban J connectivity index is 2.05. The predicted octanol–water partition coefficient (Wildman–Crippen LogP) is 2.79. The van der Waals surface area contributed by atoms with E-state index < -0.39 is 5.97 Å². The molecule has 0 atom stereocenters. The van der Waals surface area contributed by atoms with Crippen molar-refractivity contribution in [2.75, 3.05) is 20.5 Å². The lowest BCUT2D eigenvalue weighted by atomic mass is 10.0. The third kappa shape index (κ3) is 3.59. The molecule has 25 heavy (non-hydrogen) atoms. The van der Waals surface area contributed by atoms with Crippen molar-refractivity contribution in [3.63, 3.8) is 0 Å². The molecule has 1 aliphatic heterocycles. The molecule has 0 unspecified atom stereocenters. The lowest BCUT2D eigenvalue weighted by Crippen LogP contribution is -2.09. The van der Waals surface area contributed by atoms with Crippen LogP contribution in [0, 0.1) is 0 Å². The molecule has 2 aromatic carbocycles. The molecule has 1 heterocycles. The number of fused-ring (bicyclic) bond motifs is 1. The Kier molecular flexibility index (Phi) is 5.20. The zero-order valence-corrected chi connectivity index (χ0v) is 13.7. The minimum Gasteiger partial charge on any atom is -0.484 e. The molecule has 0 bridgehead atoms. The van der Waals surface area contributed by atoms with E-state index in [0.29, 0.717) is 17.1 Å². The maximum absolute atomic E-state index is 12.3. The minimum absolute atomic E-state index is 0.0464. The second kappa shape index (κ2) is 7.72. The predicted molar refractivity (Wildman–Crippen MR) is 90.8 cm³/mol. The van der Waals surface area contributed by atoms with Gasteiger partial charge < -0.3 is 24.1 Å². The topological polar surface area (TPSA) is 74.2 Å². The number of ether oxygens (including phenoxy) is 4. The van der Waals surface area contributed by atoms with E-state index in [4.69, 9.17) is 24.1 Å². The van der Waals surface area contributed by atoms with Gasteiger partial charge in [-0.25, -0.2) is 4.79 Å². The molecule has 0 fully saturated rings. The molecule has 0 amide bonds. The number of esters is 1. The SMILES string of the molecule is COC(=O)c1c(/C=C/CO)cc2c(c1OCc1ccccc1)OCO2. The number of aliphatic hydroxyl groups excluding tert-OH is 1. The molecule has 6 nitrogen and oxygen atoms in total. The number of hydrogen-bond acceptors (Lipinski definition) is 6. The van der Waals surface area contributed by atoms with Crippen molar-refractivity contribution in [2.24, 2.45) is 0 Å². The van der Waals surface area contributed by atoms with Crippen LogP contribution in [0.5, 0.6) is 17.2 Å². The highest BCUT2D eigenvalue weighted by Crippen LogP contribution is 2.46. The first kappa shape index (κ1) is 16.9. The summed E-state index contributed by atoms with van der Waals surface area (Å²) in [5, 5.41) is 9.04. The van der Waals surface area contributed by atoms with Crippen LogP contribution in [0.1, 0.15) is 21.5 Å². The molecule has 2 aromatic rings. The molecule has 0 saturated carbocycles. The fourth-order valence-electron chi connectivity index (χ4n) is 2.52. The fraction of sp³-hybridized carbons (Fsp3) is 0.211. The summed E-state index contributed by atoms with van der Waals surface area (Å²) in [5.74, 6) is 0.563. The Hall–Kier alpha value is -2.99. The first-order valence-electron chi connectivity index (χ1n) is 7.73. The van der Waals surface area contributed by atoms with E-state index in [-0.39, 0.29) is 31.3 Å². The zero-order chi connectivity index (χ0) is 17.6. The van der Waals surface area contributed by atoms with Gasteiger partial charge in [-0.05, 0) is 17.2 Å². The molecule has 0 saturated heterocycles. The average Bonchev–Trinajstić information content (AvgIpc) is 3.12. The molecule has 130 valence electrons. The highest BCUT2D eigenvalue weighted by molar-refractivity contribution is 5.98. The summed E-state index contributed by atoms with van der Waals surface area (Å²) in [6, 6.07) is 11.2. The van der Waals surface area contributed by atoms with Crippen LogP contribution >= 0.6 is 0 Å². The van der Waals surface area contributed by atoms with E-state index in [1.54, 1.807) is 12.1 Å². The number of carbonyl (C=O) groups is 1. The van der Waals surface area contributed by atoms with E-state index in [0.717, 1.165) is 5.56 Å². The first-order chi connectivity index (χ1) is 12.2. The Bertz CT molecular complexity index is 782. The number of hydrogen-bond donors (Lipinski definition) is 1. The highest BCUT2D eigenvalue weighted by Gasteiger charge is 2.29. The van der Waals surface area contributed by atoms with Gasteiger partial charge in [0.2, 0.25) is 12.5 Å². The lowest BCUT2D eigenvalue weighted by molar-refractivity contribution is 0.0594. The molecular weight excluding hydrogens is 324 g/mol. The normalized spacial score (nSPS) is 12.4. The number of carbonyl (C=O) groups excluding carboxylic acids is 1. The van der Waals surface area contributed by atoms with E-state index in [9.17, 15) is 4.79 Å². The summed E-state index contributed by atoms with van der Waals surface area (Å²) in [6.07, 6.45) is 3.13. The maximum Gasteiger partial charge on any atom is 0.342 e. The third-order valence-electron chi connectivity index (χ3n) is 3.67. The zero-order valence-electron chi connectivity index (χ0n) is 13.7. The molecular formula is C19H18O6. The van der Waals surface area contributed by atoms with Crippen LogP contribution in [-0.2, 0) is 11.3 Å². The number of rotatable bonds is 6. The summed E-state index contributed by atoms with van der Waals surface area (Å²) in [4.78, 5) is 12.3. The highest BCUT2D eigenvalue weighted by atomic mass is 16.7. The van der Waals surface area contributed by atoms with Crippen molar-refractivity contribution in [2.45, 2.75) is 6.61 Å². The summed E-state index contributed by atoms with van der Waals surface area (Å²) < 4.78 is 21.7. The largest absolute Gasteiger partial charge is 0.484 e. The molecule has 0 radical (unpaired) electrons. The minimum atomic E-state index is -0.557. The Labute approximate surface area is 145 Å². The second-order valence-corrected chi connectivity index (χ2v) is 5.25. The Morgan fingerprint density at radius 2 is 2.08 bits per heavy atom. The van der Waals surface area contributed by atoms with Crippen molar-refractivity contribution in [3.8, 4) is 17.2 Å². The summed E-state index contributed by atoms with van der Waals surface area (Å²) >= 11 is 0. The Morgan fingerprint density at radius 3 is 2.80 bits per heavy atom. The van der Waals surface area contributed by atoms with Crippen LogP contribution < -0.4 is 14.2 Å². The molecule has 1 aliphatic rings. The van der Waals surface area contributed by atoms with Gasteiger partial charge in [0, 0.05) is 0 Å². The van der Waals surface area contributed by atoms with Gasteiger partial charge in [0.05, 0.1) is 13.7 Å². The standard InChI is InChI=1S/C19H18O6/c1-22-19(21)16-14(8-5-9-20)10-15-17(25-12-24-15)18(16)23-11-13-6-3-2-4-7-13/h2-8,10,20H,9,11-12H2,1H3/b8-5+. The van der Waals surface area contributed by atoms with E-state index in [2.05, 4.69) is 0 Å². The van der Waals surface area contributed by atoms with Gasteiger partial charge in [0.25, 0.3) is 0 Å². The van der Waals surface area contributed by atoms with Gasteiger partial charge >= 0.3 is 5.97 Å². The van der Waals surface area contributed by atoms with E-state index >= 15 is 0 Å². The molecule has 0 aromatic heterocycles.